The fourth-order valence-corrected chi connectivity index (χ4v) is 2.41. The Kier molecular flexibility index (Phi) is 3.16. The molecule has 0 bridgehead atoms. The van der Waals surface area contributed by atoms with E-state index in [0.29, 0.717) is 17.8 Å². The maximum atomic E-state index is 11.3. The molecule has 2 heterocycles. The molecule has 0 saturated heterocycles. The molecule has 0 unspecified atom stereocenters. The molecule has 0 radical (unpaired) electrons. The minimum Gasteiger partial charge on any atom is -0.298 e. The lowest BCUT2D eigenvalue weighted by Gasteiger charge is -2.09. The zero-order valence-corrected chi connectivity index (χ0v) is 11.4. The van der Waals surface area contributed by atoms with E-state index in [1.807, 2.05) is 30.3 Å². The molecule has 3 aromatic rings. The highest BCUT2D eigenvalue weighted by molar-refractivity contribution is 6.32. The van der Waals surface area contributed by atoms with Gasteiger partial charge in [-0.05, 0) is 13.0 Å². The van der Waals surface area contributed by atoms with Crippen LogP contribution in [0.25, 0.3) is 22.2 Å². The number of aromatic nitrogens is 3. The predicted octanol–water partition coefficient (Wildman–Crippen LogP) is 3.47. The van der Waals surface area contributed by atoms with Crippen molar-refractivity contribution in [3.05, 3.63) is 53.1 Å². The zero-order chi connectivity index (χ0) is 14.1. The van der Waals surface area contributed by atoms with Gasteiger partial charge in [-0.1, -0.05) is 35.9 Å². The van der Waals surface area contributed by atoms with E-state index in [2.05, 4.69) is 15.0 Å². The molecule has 0 aliphatic heterocycles. The Bertz CT molecular complexity index is 812. The van der Waals surface area contributed by atoms with Crippen LogP contribution in [0, 0.1) is 6.92 Å². The highest BCUT2D eigenvalue weighted by Crippen LogP contribution is 2.30. The number of carbonyl (C=O) groups is 1. The topological polar surface area (TPSA) is 55.7 Å². The first-order valence-corrected chi connectivity index (χ1v) is 6.42. The van der Waals surface area contributed by atoms with Gasteiger partial charge in [-0.2, -0.15) is 0 Å². The fourth-order valence-electron chi connectivity index (χ4n) is 2.15. The Balaban J connectivity index is 2.39. The van der Waals surface area contributed by atoms with Crippen molar-refractivity contribution in [1.29, 1.82) is 0 Å². The van der Waals surface area contributed by atoms with Crippen molar-refractivity contribution in [2.45, 2.75) is 6.92 Å². The standard InChI is InChI=1S/C15H10ClN3O/c1-9-18-14(12(8-20)15(16)19-9)11-6-2-4-10-5-3-7-17-13(10)11/h2-8H,1H3. The van der Waals surface area contributed by atoms with E-state index in [0.717, 1.165) is 16.5 Å². The molecule has 2 aromatic heterocycles. The third kappa shape index (κ3) is 2.04. The minimum absolute atomic E-state index is 0.162. The smallest absolute Gasteiger partial charge is 0.155 e. The van der Waals surface area contributed by atoms with Gasteiger partial charge in [0.2, 0.25) is 0 Å². The fraction of sp³-hybridized carbons (Fsp3) is 0.0667. The van der Waals surface area contributed by atoms with Crippen LogP contribution in [0.15, 0.2) is 36.5 Å². The summed E-state index contributed by atoms with van der Waals surface area (Å²) in [6.07, 6.45) is 2.39. The van der Waals surface area contributed by atoms with Crippen LogP contribution in [0.3, 0.4) is 0 Å². The molecule has 0 aliphatic rings. The summed E-state index contributed by atoms with van der Waals surface area (Å²) in [5, 5.41) is 1.14. The summed E-state index contributed by atoms with van der Waals surface area (Å²) in [4.78, 5) is 24.0. The van der Waals surface area contributed by atoms with Gasteiger partial charge in [-0.3, -0.25) is 9.78 Å². The monoisotopic (exact) mass is 283 g/mol. The number of para-hydroxylation sites is 1. The number of hydrogen-bond acceptors (Lipinski definition) is 4. The summed E-state index contributed by atoms with van der Waals surface area (Å²) >= 11 is 6.03. The van der Waals surface area contributed by atoms with Crippen molar-refractivity contribution in [2.24, 2.45) is 0 Å². The summed E-state index contributed by atoms with van der Waals surface area (Å²) < 4.78 is 0. The molecule has 0 aliphatic carbocycles. The predicted molar refractivity (Wildman–Crippen MR) is 77.9 cm³/mol. The Hall–Kier alpha value is -2.33. The van der Waals surface area contributed by atoms with E-state index >= 15 is 0 Å². The van der Waals surface area contributed by atoms with E-state index in [1.165, 1.54) is 0 Å². The number of fused-ring (bicyclic) bond motifs is 1. The van der Waals surface area contributed by atoms with Gasteiger partial charge in [0.05, 0.1) is 16.8 Å². The van der Waals surface area contributed by atoms with E-state index in [4.69, 9.17) is 11.6 Å². The van der Waals surface area contributed by atoms with Gasteiger partial charge in [0.1, 0.15) is 11.0 Å². The first-order valence-electron chi connectivity index (χ1n) is 6.04. The highest BCUT2D eigenvalue weighted by Gasteiger charge is 2.15. The highest BCUT2D eigenvalue weighted by atomic mass is 35.5. The molecule has 3 rings (SSSR count). The van der Waals surface area contributed by atoms with Gasteiger partial charge in [-0.25, -0.2) is 9.97 Å². The van der Waals surface area contributed by atoms with Gasteiger partial charge < -0.3 is 0 Å². The average Bonchev–Trinajstić information content (AvgIpc) is 2.46. The van der Waals surface area contributed by atoms with E-state index in [1.54, 1.807) is 13.1 Å². The lowest BCUT2D eigenvalue weighted by atomic mass is 10.0. The summed E-state index contributed by atoms with van der Waals surface area (Å²) in [7, 11) is 0. The number of rotatable bonds is 2. The van der Waals surface area contributed by atoms with E-state index < -0.39 is 0 Å². The van der Waals surface area contributed by atoms with E-state index in [-0.39, 0.29) is 10.7 Å². The van der Waals surface area contributed by atoms with Crippen LogP contribution in [0.4, 0.5) is 0 Å². The van der Waals surface area contributed by atoms with Crippen LogP contribution in [0.1, 0.15) is 16.2 Å². The van der Waals surface area contributed by atoms with Gasteiger partial charge in [-0.15, -0.1) is 0 Å². The van der Waals surface area contributed by atoms with Crippen LogP contribution in [-0.4, -0.2) is 21.2 Å². The maximum absolute atomic E-state index is 11.3. The summed E-state index contributed by atoms with van der Waals surface area (Å²) in [6.45, 7) is 1.74. The molecule has 4 nitrogen and oxygen atoms in total. The average molecular weight is 284 g/mol. The third-order valence-electron chi connectivity index (χ3n) is 3.02. The maximum Gasteiger partial charge on any atom is 0.155 e. The van der Waals surface area contributed by atoms with Crippen molar-refractivity contribution in [3.63, 3.8) is 0 Å². The second-order valence-electron chi connectivity index (χ2n) is 4.32. The van der Waals surface area contributed by atoms with Crippen LogP contribution in [-0.2, 0) is 0 Å². The van der Waals surface area contributed by atoms with Crippen molar-refractivity contribution < 1.29 is 4.79 Å². The molecule has 98 valence electrons. The van der Waals surface area contributed by atoms with E-state index in [9.17, 15) is 4.79 Å². The number of pyridine rings is 1. The molecule has 0 amide bonds. The van der Waals surface area contributed by atoms with Crippen molar-refractivity contribution in [1.82, 2.24) is 15.0 Å². The minimum atomic E-state index is 0.162. The van der Waals surface area contributed by atoms with Gasteiger partial charge >= 0.3 is 0 Å². The van der Waals surface area contributed by atoms with Crippen LogP contribution >= 0.6 is 11.6 Å². The molecule has 5 heteroatoms. The van der Waals surface area contributed by atoms with Crippen LogP contribution in [0.5, 0.6) is 0 Å². The summed E-state index contributed by atoms with van der Waals surface area (Å²) in [6, 6.07) is 9.56. The molecular weight excluding hydrogens is 274 g/mol. The second-order valence-corrected chi connectivity index (χ2v) is 4.68. The number of benzene rings is 1. The number of hydrogen-bond donors (Lipinski definition) is 0. The van der Waals surface area contributed by atoms with Crippen molar-refractivity contribution >= 4 is 28.8 Å². The summed E-state index contributed by atoms with van der Waals surface area (Å²) in [5.41, 5.74) is 2.36. The molecule has 0 N–H and O–H groups in total. The molecule has 0 saturated carbocycles. The van der Waals surface area contributed by atoms with Crippen LogP contribution in [0.2, 0.25) is 5.15 Å². The number of nitrogens with zero attached hydrogens (tertiary/aromatic N) is 3. The molecule has 0 spiro atoms. The lowest BCUT2D eigenvalue weighted by Crippen LogP contribution is -2.00. The van der Waals surface area contributed by atoms with Gasteiger partial charge in [0.25, 0.3) is 0 Å². The molecule has 1 aromatic carbocycles. The normalized spacial score (nSPS) is 10.7. The van der Waals surface area contributed by atoms with Crippen molar-refractivity contribution in [3.8, 4) is 11.3 Å². The zero-order valence-electron chi connectivity index (χ0n) is 10.7. The number of aryl methyl sites for hydroxylation is 1. The largest absolute Gasteiger partial charge is 0.298 e. The molecule has 0 fully saturated rings. The van der Waals surface area contributed by atoms with Crippen LogP contribution < -0.4 is 0 Å². The van der Waals surface area contributed by atoms with Gasteiger partial charge in [0, 0.05) is 17.1 Å². The first-order chi connectivity index (χ1) is 9.70. The number of carbonyl (C=O) groups excluding carboxylic acids is 1. The Morgan fingerprint density at radius 2 is 1.95 bits per heavy atom. The molecular formula is C15H10ClN3O. The number of aldehydes is 1. The Morgan fingerprint density at radius 1 is 1.15 bits per heavy atom. The SMILES string of the molecule is Cc1nc(Cl)c(C=O)c(-c2cccc3cccnc23)n1. The quantitative estimate of drug-likeness (QED) is 0.534. The number of halogens is 1. The first kappa shape index (κ1) is 12.7. The Labute approximate surface area is 120 Å². The lowest BCUT2D eigenvalue weighted by molar-refractivity contribution is 0.112. The summed E-state index contributed by atoms with van der Waals surface area (Å²) in [5.74, 6) is 0.517. The Morgan fingerprint density at radius 3 is 2.75 bits per heavy atom. The molecule has 0 atom stereocenters. The van der Waals surface area contributed by atoms with Gasteiger partial charge in [0.15, 0.2) is 6.29 Å². The third-order valence-corrected chi connectivity index (χ3v) is 3.30. The molecule has 20 heavy (non-hydrogen) atoms. The second kappa shape index (κ2) is 4.98. The van der Waals surface area contributed by atoms with Crippen molar-refractivity contribution in [2.75, 3.05) is 0 Å².